The Morgan fingerprint density at radius 2 is 2.06 bits per heavy atom. The summed E-state index contributed by atoms with van der Waals surface area (Å²) in [6, 6.07) is 0.207. The molecule has 1 rings (SSSR count). The smallest absolute Gasteiger partial charge is 0.0791 e. The molecule has 2 N–H and O–H groups in total. The lowest BCUT2D eigenvalue weighted by molar-refractivity contribution is 0.121. The van der Waals surface area contributed by atoms with Crippen molar-refractivity contribution in [3.8, 4) is 0 Å². The van der Waals surface area contributed by atoms with Crippen LogP contribution in [0.1, 0.15) is 19.8 Å². The highest BCUT2D eigenvalue weighted by atomic mass is 32.2. The third-order valence-corrected chi connectivity index (χ3v) is 3.82. The first-order chi connectivity index (χ1) is 7.58. The fraction of sp³-hybridized carbons (Fsp3) is 1.00. The van der Waals surface area contributed by atoms with E-state index >= 15 is 0 Å². The van der Waals surface area contributed by atoms with Gasteiger partial charge in [-0.15, -0.1) is 0 Å². The van der Waals surface area contributed by atoms with Crippen LogP contribution in [-0.4, -0.2) is 64.5 Å². The van der Waals surface area contributed by atoms with Gasteiger partial charge in [-0.1, -0.05) is 0 Å². The van der Waals surface area contributed by atoms with E-state index in [9.17, 15) is 9.32 Å². The van der Waals surface area contributed by atoms with Gasteiger partial charge in [-0.3, -0.25) is 4.21 Å². The Labute approximate surface area is 101 Å². The van der Waals surface area contributed by atoms with Crippen LogP contribution in [-0.2, 0) is 10.8 Å². The van der Waals surface area contributed by atoms with E-state index in [1.54, 1.807) is 6.26 Å². The molecular formula is C11H24N2O2S. The van der Waals surface area contributed by atoms with Gasteiger partial charge in [0.15, 0.2) is 0 Å². The van der Waals surface area contributed by atoms with Crippen molar-refractivity contribution in [1.29, 1.82) is 0 Å². The molecule has 1 saturated heterocycles. The van der Waals surface area contributed by atoms with E-state index in [4.69, 9.17) is 0 Å². The quantitative estimate of drug-likeness (QED) is 0.655. The van der Waals surface area contributed by atoms with Gasteiger partial charge < -0.3 is 15.3 Å². The van der Waals surface area contributed by atoms with E-state index in [1.807, 2.05) is 6.92 Å². The van der Waals surface area contributed by atoms with E-state index in [0.717, 1.165) is 19.6 Å². The predicted molar refractivity (Wildman–Crippen MR) is 68.1 cm³/mol. The van der Waals surface area contributed by atoms with Crippen molar-refractivity contribution in [2.75, 3.05) is 38.2 Å². The summed E-state index contributed by atoms with van der Waals surface area (Å²) in [5, 5.41) is 13.0. The topological polar surface area (TPSA) is 52.6 Å². The summed E-state index contributed by atoms with van der Waals surface area (Å²) in [5.41, 5.74) is 0. The first-order valence-electron chi connectivity index (χ1n) is 6.01. The second kappa shape index (κ2) is 7.37. The van der Waals surface area contributed by atoms with Crippen molar-refractivity contribution >= 4 is 10.8 Å². The molecule has 0 radical (unpaired) electrons. The fourth-order valence-corrected chi connectivity index (χ4v) is 2.90. The molecule has 0 amide bonds. The molecular weight excluding hydrogens is 224 g/mol. The van der Waals surface area contributed by atoms with Crippen LogP contribution in [0.2, 0.25) is 0 Å². The maximum atomic E-state index is 11.0. The molecule has 3 unspecified atom stereocenters. The maximum Gasteiger partial charge on any atom is 0.0791 e. The van der Waals surface area contributed by atoms with E-state index in [0.29, 0.717) is 12.3 Å². The molecule has 1 aliphatic rings. The van der Waals surface area contributed by atoms with Crippen molar-refractivity contribution in [3.63, 3.8) is 0 Å². The largest absolute Gasteiger partial charge is 0.390 e. The van der Waals surface area contributed by atoms with Crippen molar-refractivity contribution in [1.82, 2.24) is 10.2 Å². The molecule has 1 heterocycles. The van der Waals surface area contributed by atoms with Gasteiger partial charge in [0.25, 0.3) is 0 Å². The molecule has 5 heteroatoms. The first kappa shape index (κ1) is 14.1. The standard InChI is InChI=1S/C11H24N2O2S/c1-10(9-16(2)15)12-7-11(14)8-13-5-3-4-6-13/h10-12,14H,3-9H2,1-2H3. The van der Waals surface area contributed by atoms with Crippen molar-refractivity contribution in [2.45, 2.75) is 31.9 Å². The summed E-state index contributed by atoms with van der Waals surface area (Å²) in [7, 11) is -0.769. The van der Waals surface area contributed by atoms with E-state index in [1.165, 1.54) is 12.8 Å². The molecule has 0 spiro atoms. The molecule has 16 heavy (non-hydrogen) atoms. The predicted octanol–water partition coefficient (Wildman–Crippen LogP) is -0.200. The number of hydrogen-bond donors (Lipinski definition) is 2. The lowest BCUT2D eigenvalue weighted by Gasteiger charge is -2.21. The van der Waals surface area contributed by atoms with E-state index in [2.05, 4.69) is 10.2 Å². The average molecular weight is 248 g/mol. The molecule has 1 fully saturated rings. The number of β-amino-alcohol motifs (C(OH)–C–C–N with tert-alkyl or cyclic N) is 1. The SMILES string of the molecule is CC(CS(C)=O)NCC(O)CN1CCCC1. The third kappa shape index (κ3) is 5.94. The van der Waals surface area contributed by atoms with Crippen LogP contribution in [0.15, 0.2) is 0 Å². The normalized spacial score (nSPS) is 23.2. The summed E-state index contributed by atoms with van der Waals surface area (Å²) >= 11 is 0. The van der Waals surface area contributed by atoms with Gasteiger partial charge in [-0.25, -0.2) is 0 Å². The Morgan fingerprint density at radius 3 is 2.62 bits per heavy atom. The molecule has 1 aliphatic heterocycles. The molecule has 4 nitrogen and oxygen atoms in total. The average Bonchev–Trinajstić information content (AvgIpc) is 2.66. The zero-order valence-electron chi connectivity index (χ0n) is 10.3. The van der Waals surface area contributed by atoms with Gasteiger partial charge in [0.1, 0.15) is 0 Å². The summed E-state index contributed by atoms with van der Waals surface area (Å²) < 4.78 is 11.0. The van der Waals surface area contributed by atoms with Crippen LogP contribution in [0.25, 0.3) is 0 Å². The number of aliphatic hydroxyl groups is 1. The fourth-order valence-electron chi connectivity index (χ4n) is 2.08. The van der Waals surface area contributed by atoms with Gasteiger partial charge in [0.2, 0.25) is 0 Å². The number of nitrogens with zero attached hydrogens (tertiary/aromatic N) is 1. The molecule has 0 aromatic carbocycles. The first-order valence-corrected chi connectivity index (χ1v) is 7.74. The lowest BCUT2D eigenvalue weighted by atomic mass is 10.3. The Bertz CT molecular complexity index is 220. The minimum absolute atomic E-state index is 0.207. The molecule has 0 aliphatic carbocycles. The van der Waals surface area contributed by atoms with Crippen molar-refractivity contribution in [2.24, 2.45) is 0 Å². The summed E-state index contributed by atoms with van der Waals surface area (Å²) in [5.74, 6) is 0.649. The summed E-state index contributed by atoms with van der Waals surface area (Å²) in [6.45, 7) is 5.59. The minimum Gasteiger partial charge on any atom is -0.390 e. The van der Waals surface area contributed by atoms with Gasteiger partial charge in [-0.2, -0.15) is 0 Å². The zero-order valence-corrected chi connectivity index (χ0v) is 11.1. The summed E-state index contributed by atoms with van der Waals surface area (Å²) in [4.78, 5) is 2.30. The van der Waals surface area contributed by atoms with Crippen LogP contribution < -0.4 is 5.32 Å². The number of nitrogens with one attached hydrogen (secondary N) is 1. The van der Waals surface area contributed by atoms with E-state index < -0.39 is 10.8 Å². The number of likely N-dealkylation sites (tertiary alicyclic amines) is 1. The molecule has 96 valence electrons. The van der Waals surface area contributed by atoms with Crippen LogP contribution >= 0.6 is 0 Å². The highest BCUT2D eigenvalue weighted by Crippen LogP contribution is 2.07. The van der Waals surface area contributed by atoms with Crippen molar-refractivity contribution in [3.05, 3.63) is 0 Å². The highest BCUT2D eigenvalue weighted by Gasteiger charge is 2.16. The van der Waals surface area contributed by atoms with Crippen LogP contribution in [0.5, 0.6) is 0 Å². The van der Waals surface area contributed by atoms with Crippen LogP contribution in [0.4, 0.5) is 0 Å². The number of aliphatic hydroxyl groups excluding tert-OH is 1. The monoisotopic (exact) mass is 248 g/mol. The second-order valence-corrected chi connectivity index (χ2v) is 6.19. The third-order valence-electron chi connectivity index (χ3n) is 2.85. The zero-order chi connectivity index (χ0) is 12.0. The van der Waals surface area contributed by atoms with Crippen molar-refractivity contribution < 1.29 is 9.32 Å². The number of hydrogen-bond acceptors (Lipinski definition) is 4. The van der Waals surface area contributed by atoms with Gasteiger partial charge in [0, 0.05) is 41.9 Å². The van der Waals surface area contributed by atoms with Gasteiger partial charge in [-0.05, 0) is 32.9 Å². The van der Waals surface area contributed by atoms with Gasteiger partial charge >= 0.3 is 0 Å². The Morgan fingerprint density at radius 1 is 1.44 bits per heavy atom. The molecule has 0 bridgehead atoms. The second-order valence-electron chi connectivity index (χ2n) is 4.71. The molecule has 0 aromatic heterocycles. The molecule has 0 saturated carbocycles. The lowest BCUT2D eigenvalue weighted by Crippen LogP contribution is -2.41. The van der Waals surface area contributed by atoms with Crippen LogP contribution in [0.3, 0.4) is 0 Å². The Hall–Kier alpha value is 0.0300. The summed E-state index contributed by atoms with van der Waals surface area (Å²) in [6.07, 6.45) is 3.90. The Balaban J connectivity index is 2.08. The minimum atomic E-state index is -0.769. The Kier molecular flexibility index (Phi) is 6.49. The maximum absolute atomic E-state index is 11.0. The van der Waals surface area contributed by atoms with E-state index in [-0.39, 0.29) is 12.1 Å². The number of rotatable bonds is 7. The molecule has 0 aromatic rings. The van der Waals surface area contributed by atoms with Gasteiger partial charge in [0.05, 0.1) is 6.10 Å². The highest BCUT2D eigenvalue weighted by molar-refractivity contribution is 7.84. The molecule has 3 atom stereocenters. The van der Waals surface area contributed by atoms with Crippen LogP contribution in [0, 0.1) is 0 Å².